The van der Waals surface area contributed by atoms with Crippen molar-refractivity contribution in [2.24, 2.45) is 0 Å². The van der Waals surface area contributed by atoms with Crippen LogP contribution in [-0.4, -0.2) is 46.2 Å². The molecule has 0 bridgehead atoms. The maximum absolute atomic E-state index is 13.6. The Morgan fingerprint density at radius 2 is 2.21 bits per heavy atom. The van der Waals surface area contributed by atoms with Crippen molar-refractivity contribution in [3.63, 3.8) is 0 Å². The smallest absolute Gasteiger partial charge is 0.321 e. The Morgan fingerprint density at radius 1 is 1.58 bits per heavy atom. The summed E-state index contributed by atoms with van der Waals surface area (Å²) in [7, 11) is 0.120. The van der Waals surface area contributed by atoms with E-state index in [2.05, 4.69) is 5.32 Å². The number of hydrogen-bond donors (Lipinski definition) is 2. The zero-order valence-electron chi connectivity index (χ0n) is 11.0. The molecule has 7 heteroatoms. The molecule has 1 rings (SSSR count). The standard InChI is InChI=1S/C12H17FN2O3S/c1-8(7-16)15(2)12(17)14-9-4-5-11(19(3)18)10(13)6-9/h4-6,8,16H,7H2,1-3H3,(H,14,17). The van der Waals surface area contributed by atoms with Gasteiger partial charge in [-0.25, -0.2) is 9.18 Å². The van der Waals surface area contributed by atoms with E-state index in [0.717, 1.165) is 6.07 Å². The maximum atomic E-state index is 13.6. The summed E-state index contributed by atoms with van der Waals surface area (Å²) in [5.41, 5.74) is 0.272. The first-order valence-corrected chi connectivity index (χ1v) is 7.20. The molecular weight excluding hydrogens is 271 g/mol. The van der Waals surface area contributed by atoms with Crippen LogP contribution in [0.25, 0.3) is 0 Å². The van der Waals surface area contributed by atoms with Gasteiger partial charge in [-0.15, -0.1) is 0 Å². The minimum Gasteiger partial charge on any atom is -0.394 e. The summed E-state index contributed by atoms with van der Waals surface area (Å²) in [6.07, 6.45) is 1.38. The summed E-state index contributed by atoms with van der Waals surface area (Å²) in [6.45, 7) is 1.52. The van der Waals surface area contributed by atoms with Gasteiger partial charge in [-0.2, -0.15) is 0 Å². The van der Waals surface area contributed by atoms with E-state index >= 15 is 0 Å². The maximum Gasteiger partial charge on any atom is 0.321 e. The van der Waals surface area contributed by atoms with Gasteiger partial charge in [0.25, 0.3) is 0 Å². The van der Waals surface area contributed by atoms with E-state index in [-0.39, 0.29) is 23.2 Å². The lowest BCUT2D eigenvalue weighted by molar-refractivity contribution is 0.166. The molecular formula is C12H17FN2O3S. The van der Waals surface area contributed by atoms with Gasteiger partial charge in [0.15, 0.2) is 0 Å². The number of benzene rings is 1. The number of anilines is 1. The number of rotatable bonds is 4. The number of likely N-dealkylation sites (N-methyl/N-ethyl adjacent to an activating group) is 1. The molecule has 106 valence electrons. The highest BCUT2D eigenvalue weighted by atomic mass is 32.2. The normalized spacial score (nSPS) is 13.7. The number of aliphatic hydroxyl groups is 1. The highest BCUT2D eigenvalue weighted by molar-refractivity contribution is 7.84. The van der Waals surface area contributed by atoms with Gasteiger partial charge in [0.05, 0.1) is 28.3 Å². The van der Waals surface area contributed by atoms with Crippen LogP contribution in [0.5, 0.6) is 0 Å². The van der Waals surface area contributed by atoms with E-state index in [9.17, 15) is 13.4 Å². The highest BCUT2D eigenvalue weighted by Crippen LogP contribution is 2.17. The molecule has 0 saturated heterocycles. The van der Waals surface area contributed by atoms with Crippen molar-refractivity contribution >= 4 is 22.5 Å². The summed E-state index contributed by atoms with van der Waals surface area (Å²) in [4.78, 5) is 13.2. The molecule has 1 aromatic rings. The molecule has 0 saturated carbocycles. The lowest BCUT2D eigenvalue weighted by atomic mass is 10.3. The Hall–Kier alpha value is -1.47. The molecule has 2 N–H and O–H groups in total. The van der Waals surface area contributed by atoms with Crippen LogP contribution in [0.4, 0.5) is 14.9 Å². The average molecular weight is 288 g/mol. The fourth-order valence-corrected chi connectivity index (χ4v) is 1.94. The van der Waals surface area contributed by atoms with Crippen LogP contribution < -0.4 is 5.32 Å². The number of amides is 2. The first-order chi connectivity index (χ1) is 8.86. The zero-order chi connectivity index (χ0) is 14.6. The Balaban J connectivity index is 2.81. The third-order valence-electron chi connectivity index (χ3n) is 2.74. The van der Waals surface area contributed by atoms with Gasteiger partial charge in [-0.05, 0) is 25.1 Å². The lowest BCUT2D eigenvalue weighted by Crippen LogP contribution is -2.40. The summed E-state index contributed by atoms with van der Waals surface area (Å²) in [6, 6.07) is 3.18. The van der Waals surface area contributed by atoms with Crippen LogP contribution in [0.15, 0.2) is 23.1 Å². The average Bonchev–Trinajstić information content (AvgIpc) is 2.36. The number of urea groups is 1. The van der Waals surface area contributed by atoms with Crippen molar-refractivity contribution < 1.29 is 18.5 Å². The van der Waals surface area contributed by atoms with Gasteiger partial charge in [0.1, 0.15) is 5.82 Å². The predicted octanol–water partition coefficient (Wildman–Crippen LogP) is 1.41. The van der Waals surface area contributed by atoms with E-state index in [4.69, 9.17) is 5.11 Å². The zero-order valence-corrected chi connectivity index (χ0v) is 11.8. The van der Waals surface area contributed by atoms with Gasteiger partial charge >= 0.3 is 6.03 Å². The number of nitrogens with one attached hydrogen (secondary N) is 1. The van der Waals surface area contributed by atoms with Gasteiger partial charge in [0.2, 0.25) is 0 Å². The van der Waals surface area contributed by atoms with Crippen LogP contribution in [-0.2, 0) is 10.8 Å². The van der Waals surface area contributed by atoms with Crippen molar-refractivity contribution in [3.05, 3.63) is 24.0 Å². The van der Waals surface area contributed by atoms with E-state index in [1.165, 1.54) is 30.3 Å². The molecule has 0 radical (unpaired) electrons. The Morgan fingerprint density at radius 3 is 2.68 bits per heavy atom. The molecule has 19 heavy (non-hydrogen) atoms. The van der Waals surface area contributed by atoms with E-state index in [0.29, 0.717) is 0 Å². The fraction of sp³-hybridized carbons (Fsp3) is 0.417. The number of aliphatic hydroxyl groups excluding tert-OH is 1. The van der Waals surface area contributed by atoms with Crippen molar-refractivity contribution in [3.8, 4) is 0 Å². The summed E-state index contributed by atoms with van der Waals surface area (Å²) >= 11 is 0. The van der Waals surface area contributed by atoms with Gasteiger partial charge in [-0.3, -0.25) is 4.21 Å². The fourth-order valence-electron chi connectivity index (χ4n) is 1.35. The van der Waals surface area contributed by atoms with E-state index in [1.807, 2.05) is 0 Å². The number of hydrogen-bond acceptors (Lipinski definition) is 3. The molecule has 0 aliphatic rings. The molecule has 0 aliphatic heterocycles. The first kappa shape index (κ1) is 15.6. The minimum absolute atomic E-state index is 0.0927. The van der Waals surface area contributed by atoms with Crippen LogP contribution in [0.2, 0.25) is 0 Å². The number of nitrogens with zero attached hydrogens (tertiary/aromatic N) is 1. The lowest BCUT2D eigenvalue weighted by Gasteiger charge is -2.23. The van der Waals surface area contributed by atoms with Crippen molar-refractivity contribution in [1.82, 2.24) is 4.90 Å². The van der Waals surface area contributed by atoms with Crippen LogP contribution in [0.3, 0.4) is 0 Å². The molecule has 0 aliphatic carbocycles. The van der Waals surface area contributed by atoms with Gasteiger partial charge in [0, 0.05) is 19.0 Å². The van der Waals surface area contributed by atoms with Gasteiger partial charge < -0.3 is 15.3 Å². The van der Waals surface area contributed by atoms with Crippen LogP contribution in [0.1, 0.15) is 6.92 Å². The molecule has 2 atom stereocenters. The molecule has 2 unspecified atom stereocenters. The number of carbonyl (C=O) groups is 1. The second-order valence-corrected chi connectivity index (χ2v) is 5.52. The molecule has 0 aromatic heterocycles. The molecule has 0 fully saturated rings. The molecule has 0 heterocycles. The van der Waals surface area contributed by atoms with Crippen LogP contribution in [0, 0.1) is 5.82 Å². The highest BCUT2D eigenvalue weighted by Gasteiger charge is 2.15. The number of carbonyl (C=O) groups excluding carboxylic acids is 1. The molecule has 1 aromatic carbocycles. The quantitative estimate of drug-likeness (QED) is 0.880. The summed E-state index contributed by atoms with van der Waals surface area (Å²) < 4.78 is 24.8. The summed E-state index contributed by atoms with van der Waals surface area (Å²) in [5, 5.41) is 11.4. The minimum atomic E-state index is -1.41. The van der Waals surface area contributed by atoms with Crippen molar-refractivity contribution in [1.29, 1.82) is 0 Å². The Bertz CT molecular complexity index is 496. The first-order valence-electron chi connectivity index (χ1n) is 5.64. The summed E-state index contributed by atoms with van der Waals surface area (Å²) in [5.74, 6) is -0.628. The molecule has 0 spiro atoms. The van der Waals surface area contributed by atoms with Crippen molar-refractivity contribution in [2.75, 3.05) is 25.2 Å². The number of halogens is 1. The van der Waals surface area contributed by atoms with Gasteiger partial charge in [-0.1, -0.05) is 0 Å². The largest absolute Gasteiger partial charge is 0.394 e. The second kappa shape index (κ2) is 6.63. The van der Waals surface area contributed by atoms with Crippen molar-refractivity contribution in [2.45, 2.75) is 17.9 Å². The SMILES string of the molecule is CC(CO)N(C)C(=O)Nc1ccc(S(C)=O)c(F)c1. The third kappa shape index (κ3) is 4.00. The predicted molar refractivity (Wildman–Crippen MR) is 72.1 cm³/mol. The van der Waals surface area contributed by atoms with Crippen LogP contribution >= 0.6 is 0 Å². The Labute approximate surface area is 113 Å². The third-order valence-corrected chi connectivity index (χ3v) is 3.69. The molecule has 2 amide bonds. The topological polar surface area (TPSA) is 69.6 Å². The second-order valence-electron chi connectivity index (χ2n) is 4.17. The van der Waals surface area contributed by atoms with E-state index in [1.54, 1.807) is 6.92 Å². The molecule has 5 nitrogen and oxygen atoms in total. The van der Waals surface area contributed by atoms with E-state index < -0.39 is 22.6 Å². The Kier molecular flexibility index (Phi) is 5.44. The monoisotopic (exact) mass is 288 g/mol.